The van der Waals surface area contributed by atoms with E-state index < -0.39 is 0 Å². The lowest BCUT2D eigenvalue weighted by atomic mass is 9.68. The molecule has 6 nitrogen and oxygen atoms in total. The number of para-hydroxylation sites is 2. The Morgan fingerprint density at radius 1 is 0.861 bits per heavy atom. The molecule has 0 amide bonds. The van der Waals surface area contributed by atoms with E-state index in [1.165, 1.54) is 57.8 Å². The van der Waals surface area contributed by atoms with Crippen molar-refractivity contribution in [2.24, 2.45) is 16.8 Å². The lowest BCUT2D eigenvalue weighted by Gasteiger charge is -2.55. The highest BCUT2D eigenvalue weighted by Gasteiger charge is 2.45. The summed E-state index contributed by atoms with van der Waals surface area (Å²) in [5, 5.41) is 3.10. The molecule has 7 rings (SSSR count). The zero-order valence-corrected chi connectivity index (χ0v) is 21.1. The number of benzene rings is 1. The minimum atomic E-state index is -0.0184. The van der Waals surface area contributed by atoms with Gasteiger partial charge in [-0.05, 0) is 68.9 Å². The van der Waals surface area contributed by atoms with Crippen LogP contribution in [0, 0.1) is 11.8 Å². The van der Waals surface area contributed by atoms with E-state index in [4.69, 9.17) is 4.98 Å². The predicted molar refractivity (Wildman–Crippen MR) is 145 cm³/mol. The van der Waals surface area contributed by atoms with Crippen molar-refractivity contribution >= 4 is 22.9 Å². The first-order valence-corrected chi connectivity index (χ1v) is 14.1. The minimum absolute atomic E-state index is 0.0184. The van der Waals surface area contributed by atoms with Crippen LogP contribution >= 0.6 is 0 Å². The molecular formula is C30H37N5O. The van der Waals surface area contributed by atoms with Crippen LogP contribution in [0.15, 0.2) is 52.5 Å². The second-order valence-electron chi connectivity index (χ2n) is 11.9. The molecule has 5 aliphatic rings. The van der Waals surface area contributed by atoms with Crippen LogP contribution in [0.4, 0.5) is 0 Å². The summed E-state index contributed by atoms with van der Waals surface area (Å²) >= 11 is 0. The predicted octanol–water partition coefficient (Wildman–Crippen LogP) is 5.41. The molecule has 2 aromatic rings. The van der Waals surface area contributed by atoms with Crippen LogP contribution in [0.25, 0.3) is 16.7 Å². The Hall–Kier alpha value is -2.73. The molecule has 4 fully saturated rings. The third kappa shape index (κ3) is 3.85. The van der Waals surface area contributed by atoms with Crippen LogP contribution in [0.1, 0.15) is 82.4 Å². The molecule has 1 aromatic carbocycles. The SMILES string of the molecule is C=C1C=NC(c2nc3ccccc3n(C3CC4CCCC(C3)N4C3CC4CCCC(C4)C3)c2=O)=CN1. The molecule has 6 heteroatoms. The fourth-order valence-corrected chi connectivity index (χ4v) is 8.33. The van der Waals surface area contributed by atoms with Crippen molar-refractivity contribution in [3.05, 3.63) is 58.8 Å². The second kappa shape index (κ2) is 8.98. The molecule has 188 valence electrons. The highest BCUT2D eigenvalue weighted by atomic mass is 16.1. The molecular weight excluding hydrogens is 446 g/mol. The molecule has 36 heavy (non-hydrogen) atoms. The number of hydrogen-bond acceptors (Lipinski definition) is 5. The third-order valence-electron chi connectivity index (χ3n) is 9.69. The summed E-state index contributed by atoms with van der Waals surface area (Å²) in [5.41, 5.74) is 3.52. The van der Waals surface area contributed by atoms with E-state index in [1.54, 1.807) is 12.4 Å². The smallest absolute Gasteiger partial charge is 0.279 e. The number of rotatable bonds is 3. The van der Waals surface area contributed by atoms with Crippen LogP contribution in [-0.2, 0) is 0 Å². The standard InChI is InChI=1S/C30H37N5O/c1-19-17-32-27(18-31-19)29-30(36)35(28-11-3-2-10-26(28)33-29)25-15-22-8-5-9-23(16-25)34(22)24-13-20-6-4-7-21(12-20)14-24/h2-3,10-11,17-18,20-25,31H,1,4-9,12-16H2. The largest absolute Gasteiger partial charge is 0.359 e. The Labute approximate surface area is 213 Å². The van der Waals surface area contributed by atoms with E-state index in [-0.39, 0.29) is 11.6 Å². The summed E-state index contributed by atoms with van der Waals surface area (Å²) in [6, 6.07) is 10.3. The van der Waals surface area contributed by atoms with Gasteiger partial charge in [0, 0.05) is 36.1 Å². The van der Waals surface area contributed by atoms with Gasteiger partial charge in [0.1, 0.15) is 5.70 Å². The van der Waals surface area contributed by atoms with Crippen molar-refractivity contribution in [3.63, 3.8) is 0 Å². The fourth-order valence-electron chi connectivity index (χ4n) is 8.33. The zero-order chi connectivity index (χ0) is 24.2. The van der Waals surface area contributed by atoms with Crippen molar-refractivity contribution in [1.82, 2.24) is 19.8 Å². The van der Waals surface area contributed by atoms with Gasteiger partial charge < -0.3 is 9.88 Å². The van der Waals surface area contributed by atoms with Crippen molar-refractivity contribution < 1.29 is 0 Å². The first kappa shape index (κ1) is 22.5. The van der Waals surface area contributed by atoms with Crippen molar-refractivity contribution in [3.8, 4) is 0 Å². The first-order chi connectivity index (χ1) is 17.6. The maximum atomic E-state index is 14.0. The summed E-state index contributed by atoms with van der Waals surface area (Å²) < 4.78 is 2.08. The van der Waals surface area contributed by atoms with Gasteiger partial charge in [-0.3, -0.25) is 14.7 Å². The first-order valence-electron chi connectivity index (χ1n) is 14.1. The van der Waals surface area contributed by atoms with E-state index >= 15 is 0 Å². The van der Waals surface area contributed by atoms with Crippen LogP contribution in [-0.4, -0.2) is 38.8 Å². The summed E-state index contributed by atoms with van der Waals surface area (Å²) in [6.45, 7) is 3.89. The monoisotopic (exact) mass is 483 g/mol. The number of fused-ring (bicyclic) bond motifs is 5. The lowest BCUT2D eigenvalue weighted by Crippen LogP contribution is -2.58. The average molecular weight is 484 g/mol. The Kier molecular flexibility index (Phi) is 5.61. The van der Waals surface area contributed by atoms with E-state index in [0.29, 0.717) is 29.2 Å². The van der Waals surface area contributed by atoms with E-state index in [2.05, 4.69) is 32.4 Å². The molecule has 3 aliphatic heterocycles. The molecule has 2 aliphatic carbocycles. The average Bonchev–Trinajstić information content (AvgIpc) is 2.88. The zero-order valence-electron chi connectivity index (χ0n) is 21.1. The molecule has 4 unspecified atom stereocenters. The number of aromatic nitrogens is 2. The van der Waals surface area contributed by atoms with Gasteiger partial charge in [-0.15, -0.1) is 0 Å². The van der Waals surface area contributed by atoms with E-state index in [9.17, 15) is 4.79 Å². The van der Waals surface area contributed by atoms with E-state index in [1.807, 2.05) is 18.2 Å². The molecule has 2 saturated carbocycles. The van der Waals surface area contributed by atoms with Crippen LogP contribution < -0.4 is 10.9 Å². The third-order valence-corrected chi connectivity index (χ3v) is 9.69. The Morgan fingerprint density at radius 2 is 1.58 bits per heavy atom. The topological polar surface area (TPSA) is 62.5 Å². The maximum Gasteiger partial charge on any atom is 0.279 e. The highest BCUT2D eigenvalue weighted by Crippen LogP contribution is 2.47. The summed E-state index contributed by atoms with van der Waals surface area (Å²) in [6.07, 6.45) is 18.0. The molecule has 4 heterocycles. The van der Waals surface area contributed by atoms with Gasteiger partial charge >= 0.3 is 0 Å². The van der Waals surface area contributed by atoms with Gasteiger partial charge in [0.05, 0.1) is 17.2 Å². The molecule has 1 aromatic heterocycles. The Morgan fingerprint density at radius 3 is 2.31 bits per heavy atom. The normalized spacial score (nSPS) is 34.3. The van der Waals surface area contributed by atoms with Gasteiger partial charge in [-0.2, -0.15) is 0 Å². The van der Waals surface area contributed by atoms with E-state index in [0.717, 1.165) is 41.8 Å². The summed E-state index contributed by atoms with van der Waals surface area (Å²) in [5.74, 6) is 1.90. The summed E-state index contributed by atoms with van der Waals surface area (Å²) in [7, 11) is 0. The molecule has 4 atom stereocenters. The van der Waals surface area contributed by atoms with Gasteiger partial charge in [0.2, 0.25) is 0 Å². The van der Waals surface area contributed by atoms with Gasteiger partial charge in [0.15, 0.2) is 5.69 Å². The Bertz CT molecular complexity index is 1280. The van der Waals surface area contributed by atoms with Crippen molar-refractivity contribution in [1.29, 1.82) is 0 Å². The van der Waals surface area contributed by atoms with Crippen LogP contribution in [0.5, 0.6) is 0 Å². The molecule has 0 spiro atoms. The number of aliphatic imine (C=N–C) groups is 1. The van der Waals surface area contributed by atoms with Crippen LogP contribution in [0.3, 0.4) is 0 Å². The number of hydrogen-bond donors (Lipinski definition) is 1. The van der Waals surface area contributed by atoms with Crippen LogP contribution in [0.2, 0.25) is 0 Å². The number of piperidine rings is 2. The van der Waals surface area contributed by atoms with Gasteiger partial charge in [-0.25, -0.2) is 4.98 Å². The summed E-state index contributed by atoms with van der Waals surface area (Å²) in [4.78, 5) is 26.2. The van der Waals surface area contributed by atoms with Gasteiger partial charge in [-0.1, -0.05) is 44.4 Å². The highest BCUT2D eigenvalue weighted by molar-refractivity contribution is 5.86. The molecule has 2 saturated heterocycles. The molecule has 4 bridgehead atoms. The van der Waals surface area contributed by atoms with Crippen molar-refractivity contribution in [2.45, 2.75) is 94.8 Å². The number of allylic oxidation sites excluding steroid dienone is 1. The molecule has 0 radical (unpaired) electrons. The minimum Gasteiger partial charge on any atom is -0.359 e. The number of nitrogens with one attached hydrogen (secondary N) is 1. The Balaban J connectivity index is 1.24. The maximum absolute atomic E-state index is 14.0. The lowest BCUT2D eigenvalue weighted by molar-refractivity contribution is -0.0485. The second-order valence-corrected chi connectivity index (χ2v) is 11.9. The number of nitrogens with zero attached hydrogens (tertiary/aromatic N) is 4. The molecule has 1 N–H and O–H groups in total. The van der Waals surface area contributed by atoms with Gasteiger partial charge in [0.25, 0.3) is 5.56 Å². The van der Waals surface area contributed by atoms with Crippen molar-refractivity contribution in [2.75, 3.05) is 0 Å². The quantitative estimate of drug-likeness (QED) is 0.634. The fraction of sp³-hybridized carbons (Fsp3) is 0.567.